The molecule has 154 valence electrons. The van der Waals surface area contributed by atoms with Gasteiger partial charge in [-0.05, 0) is 55.4 Å². The smallest absolute Gasteiger partial charge is 0.342 e. The molecule has 1 atom stereocenters. The van der Waals surface area contributed by atoms with Crippen LogP contribution >= 0.6 is 0 Å². The van der Waals surface area contributed by atoms with Gasteiger partial charge in [0.15, 0.2) is 23.0 Å². The van der Waals surface area contributed by atoms with Crippen molar-refractivity contribution in [2.45, 2.75) is 18.9 Å². The van der Waals surface area contributed by atoms with Crippen LogP contribution in [0.25, 0.3) is 0 Å². The van der Waals surface area contributed by atoms with Gasteiger partial charge in [0.2, 0.25) is 6.79 Å². The highest BCUT2D eigenvalue weighted by Crippen LogP contribution is 2.43. The second kappa shape index (κ2) is 7.83. The Balaban J connectivity index is 1.72. The van der Waals surface area contributed by atoms with Crippen molar-refractivity contribution in [3.8, 4) is 23.0 Å². The van der Waals surface area contributed by atoms with E-state index in [4.69, 9.17) is 23.7 Å². The number of fused-ring (bicyclic) bond motifs is 2. The van der Waals surface area contributed by atoms with Gasteiger partial charge in [0.25, 0.3) is 0 Å². The Bertz CT molecular complexity index is 939. The van der Waals surface area contributed by atoms with Crippen molar-refractivity contribution in [3.63, 3.8) is 0 Å². The number of hydrogen-bond donors (Lipinski definition) is 0. The van der Waals surface area contributed by atoms with Crippen molar-refractivity contribution in [2.75, 3.05) is 41.7 Å². The van der Waals surface area contributed by atoms with Crippen molar-refractivity contribution >= 4 is 5.97 Å². The Morgan fingerprint density at radius 1 is 1.10 bits per heavy atom. The lowest BCUT2D eigenvalue weighted by Gasteiger charge is -2.28. The Hall–Kier alpha value is -2.93. The molecule has 2 heterocycles. The molecular weight excluding hydrogens is 374 g/mol. The zero-order valence-corrected chi connectivity index (χ0v) is 17.1. The van der Waals surface area contributed by atoms with Gasteiger partial charge in [-0.1, -0.05) is 6.07 Å². The molecular formula is C22H25NO6. The van der Waals surface area contributed by atoms with E-state index < -0.39 is 12.1 Å². The molecule has 2 aromatic carbocycles. The summed E-state index contributed by atoms with van der Waals surface area (Å²) in [4.78, 5) is 15.0. The molecule has 0 spiro atoms. The van der Waals surface area contributed by atoms with Crippen LogP contribution in [0.2, 0.25) is 0 Å². The number of methoxy groups -OCH3 is 2. The number of rotatable bonds is 6. The van der Waals surface area contributed by atoms with Gasteiger partial charge >= 0.3 is 5.97 Å². The van der Waals surface area contributed by atoms with E-state index in [0.29, 0.717) is 29.2 Å². The number of carbonyl (C=O) groups is 1. The van der Waals surface area contributed by atoms with Crippen molar-refractivity contribution in [1.29, 1.82) is 0 Å². The minimum Gasteiger partial charge on any atom is -0.493 e. The number of nitrogens with zero attached hydrogens (tertiary/aromatic N) is 1. The molecule has 0 saturated heterocycles. The van der Waals surface area contributed by atoms with Crippen LogP contribution in [0.4, 0.5) is 0 Å². The molecule has 2 aliphatic heterocycles. The van der Waals surface area contributed by atoms with Crippen LogP contribution in [-0.2, 0) is 17.6 Å². The minimum atomic E-state index is -0.414. The van der Waals surface area contributed by atoms with E-state index in [-0.39, 0.29) is 6.79 Å². The molecule has 0 aliphatic carbocycles. The van der Waals surface area contributed by atoms with Gasteiger partial charge in [0.05, 0.1) is 14.2 Å². The Kier molecular flexibility index (Phi) is 5.24. The predicted molar refractivity (Wildman–Crippen MR) is 106 cm³/mol. The van der Waals surface area contributed by atoms with Crippen LogP contribution in [0, 0.1) is 0 Å². The largest absolute Gasteiger partial charge is 0.493 e. The fourth-order valence-electron chi connectivity index (χ4n) is 3.82. The third-order valence-corrected chi connectivity index (χ3v) is 5.30. The average molecular weight is 399 g/mol. The van der Waals surface area contributed by atoms with E-state index in [1.807, 2.05) is 38.4 Å². The highest BCUT2D eigenvalue weighted by atomic mass is 16.7. The first-order valence-corrected chi connectivity index (χ1v) is 9.53. The molecule has 7 nitrogen and oxygen atoms in total. The van der Waals surface area contributed by atoms with E-state index >= 15 is 0 Å². The molecule has 4 rings (SSSR count). The van der Waals surface area contributed by atoms with E-state index in [9.17, 15) is 4.79 Å². The lowest BCUT2D eigenvalue weighted by Crippen LogP contribution is -2.24. The molecule has 0 amide bonds. The summed E-state index contributed by atoms with van der Waals surface area (Å²) in [5.74, 6) is 1.92. The number of esters is 1. The lowest BCUT2D eigenvalue weighted by atomic mass is 9.90. The van der Waals surface area contributed by atoms with E-state index in [2.05, 4.69) is 4.90 Å². The maximum absolute atomic E-state index is 12.9. The highest BCUT2D eigenvalue weighted by molar-refractivity contribution is 5.96. The van der Waals surface area contributed by atoms with Crippen molar-refractivity contribution in [1.82, 2.24) is 4.90 Å². The molecule has 7 heteroatoms. The number of likely N-dealkylation sites (N-methyl/N-ethyl adjacent to an activating group) is 1. The second-order valence-electron chi connectivity index (χ2n) is 7.39. The molecule has 29 heavy (non-hydrogen) atoms. The summed E-state index contributed by atoms with van der Waals surface area (Å²) in [5, 5.41) is 0. The van der Waals surface area contributed by atoms with Crippen molar-refractivity contribution < 1.29 is 28.5 Å². The van der Waals surface area contributed by atoms with E-state index in [1.54, 1.807) is 7.11 Å². The second-order valence-corrected chi connectivity index (χ2v) is 7.39. The molecule has 0 N–H and O–H groups in total. The first-order valence-electron chi connectivity index (χ1n) is 9.53. The molecule has 2 aliphatic rings. The number of benzene rings is 2. The monoisotopic (exact) mass is 399 g/mol. The van der Waals surface area contributed by atoms with Crippen LogP contribution < -0.4 is 18.9 Å². The molecule has 2 aromatic rings. The summed E-state index contributed by atoms with van der Waals surface area (Å²) in [6.07, 6.45) is 0.960. The first kappa shape index (κ1) is 19.4. The maximum atomic E-state index is 12.9. The van der Waals surface area contributed by atoms with E-state index in [0.717, 1.165) is 35.4 Å². The van der Waals surface area contributed by atoms with Gasteiger partial charge in [0.1, 0.15) is 11.7 Å². The number of hydrogen-bond acceptors (Lipinski definition) is 7. The Labute approximate surface area is 170 Å². The van der Waals surface area contributed by atoms with E-state index in [1.165, 1.54) is 7.11 Å². The van der Waals surface area contributed by atoms with Crippen molar-refractivity contribution in [3.05, 3.63) is 46.5 Å². The Morgan fingerprint density at radius 2 is 1.86 bits per heavy atom. The van der Waals surface area contributed by atoms with Gasteiger partial charge < -0.3 is 28.6 Å². The number of carbonyl (C=O) groups excluding carboxylic acids is 1. The van der Waals surface area contributed by atoms with Gasteiger partial charge in [-0.3, -0.25) is 0 Å². The summed E-state index contributed by atoms with van der Waals surface area (Å²) >= 11 is 0. The molecule has 0 aromatic heterocycles. The fraction of sp³-hybridized carbons (Fsp3) is 0.409. The number of cyclic esters (lactones) is 1. The van der Waals surface area contributed by atoms with Gasteiger partial charge in [-0.15, -0.1) is 0 Å². The van der Waals surface area contributed by atoms with Crippen molar-refractivity contribution in [2.24, 2.45) is 0 Å². The van der Waals surface area contributed by atoms with Crippen LogP contribution in [0.1, 0.15) is 33.2 Å². The fourth-order valence-corrected chi connectivity index (χ4v) is 3.82. The molecule has 0 fully saturated rings. The van der Waals surface area contributed by atoms with Crippen LogP contribution in [0.15, 0.2) is 24.3 Å². The molecule has 0 bridgehead atoms. The summed E-state index contributed by atoms with van der Waals surface area (Å²) in [6, 6.07) is 7.66. The third-order valence-electron chi connectivity index (χ3n) is 5.30. The minimum absolute atomic E-state index is 0.205. The zero-order chi connectivity index (χ0) is 20.5. The topological polar surface area (TPSA) is 66.5 Å². The van der Waals surface area contributed by atoms with Gasteiger partial charge in [-0.2, -0.15) is 0 Å². The molecule has 0 radical (unpaired) electrons. The lowest BCUT2D eigenvalue weighted by molar-refractivity contribution is 0.0244. The normalized spacial score (nSPS) is 17.1. The van der Waals surface area contributed by atoms with Crippen LogP contribution in [-0.4, -0.2) is 52.5 Å². The first-order chi connectivity index (χ1) is 14.0. The zero-order valence-electron chi connectivity index (χ0n) is 17.1. The summed E-state index contributed by atoms with van der Waals surface area (Å²) in [5.41, 5.74) is 3.34. The van der Waals surface area contributed by atoms with Gasteiger partial charge in [-0.25, -0.2) is 4.79 Å². The predicted octanol–water partition coefficient (Wildman–Crippen LogP) is 2.99. The molecule has 1 unspecified atom stereocenters. The number of ether oxygens (including phenoxy) is 5. The Morgan fingerprint density at radius 3 is 2.55 bits per heavy atom. The van der Waals surface area contributed by atoms with Crippen LogP contribution in [0.5, 0.6) is 23.0 Å². The highest BCUT2D eigenvalue weighted by Gasteiger charge is 2.34. The SMILES string of the molecule is COc1ccc2c(c1OC)C(=O)OC(c1cc3c(cc1CCN(C)C)OCO3)C2. The van der Waals surface area contributed by atoms with Gasteiger partial charge in [0, 0.05) is 13.0 Å². The maximum Gasteiger partial charge on any atom is 0.342 e. The third kappa shape index (κ3) is 3.58. The standard InChI is InChI=1S/C22H25NO6/c1-23(2)8-7-13-9-18-19(28-12-27-18)11-15(13)17-10-14-5-6-16(25-3)21(26-4)20(14)22(24)29-17/h5-6,9,11,17H,7-8,10,12H2,1-4H3. The quantitative estimate of drug-likeness (QED) is 0.692. The summed E-state index contributed by atoms with van der Waals surface area (Å²) in [6.45, 7) is 1.07. The summed E-state index contributed by atoms with van der Waals surface area (Å²) < 4.78 is 27.7. The molecule has 0 saturated carbocycles. The average Bonchev–Trinajstić information content (AvgIpc) is 3.17. The van der Waals surface area contributed by atoms with Crippen LogP contribution in [0.3, 0.4) is 0 Å². The summed E-state index contributed by atoms with van der Waals surface area (Å²) in [7, 11) is 7.13.